The Hall–Kier alpha value is -2.08. The zero-order chi connectivity index (χ0) is 15.8. The molecule has 5 nitrogen and oxygen atoms in total. The molecular weight excluding hydrogens is 296 g/mol. The van der Waals surface area contributed by atoms with Crippen LogP contribution in [0.1, 0.15) is 22.4 Å². The second kappa shape index (κ2) is 8.38. The van der Waals surface area contributed by atoms with Gasteiger partial charge in [0.25, 0.3) is 0 Å². The molecule has 118 valence electrons. The molecule has 0 saturated carbocycles. The molecule has 0 amide bonds. The average Bonchev–Trinajstić information content (AvgIpc) is 2.96. The van der Waals surface area contributed by atoms with Crippen LogP contribution in [0, 0.1) is 6.92 Å². The SMILES string of the molecule is CCNC(=NCc1cccc(OC)c1)NCc1ncc(C)s1. The Bertz CT molecular complexity index is 624. The van der Waals surface area contributed by atoms with Crippen molar-refractivity contribution in [2.24, 2.45) is 4.99 Å². The average molecular weight is 318 g/mol. The molecule has 6 heteroatoms. The molecule has 0 spiro atoms. The molecule has 22 heavy (non-hydrogen) atoms. The minimum atomic E-state index is 0.601. The first-order valence-electron chi connectivity index (χ1n) is 7.27. The van der Waals surface area contributed by atoms with E-state index in [2.05, 4.69) is 34.5 Å². The fraction of sp³-hybridized carbons (Fsp3) is 0.375. The summed E-state index contributed by atoms with van der Waals surface area (Å²) in [4.78, 5) is 10.2. The van der Waals surface area contributed by atoms with Crippen LogP contribution in [0.3, 0.4) is 0 Å². The van der Waals surface area contributed by atoms with Crippen LogP contribution in [0.15, 0.2) is 35.5 Å². The third-order valence-corrected chi connectivity index (χ3v) is 3.89. The number of hydrogen-bond donors (Lipinski definition) is 2. The van der Waals surface area contributed by atoms with Gasteiger partial charge in [-0.1, -0.05) is 12.1 Å². The number of methoxy groups -OCH3 is 1. The Kier molecular flexibility index (Phi) is 6.21. The maximum absolute atomic E-state index is 5.23. The van der Waals surface area contributed by atoms with Crippen LogP contribution in [0.25, 0.3) is 0 Å². The Balaban J connectivity index is 1.96. The first kappa shape index (κ1) is 16.3. The summed E-state index contributed by atoms with van der Waals surface area (Å²) in [6, 6.07) is 7.95. The third kappa shape index (κ3) is 5.04. The number of rotatable bonds is 6. The fourth-order valence-corrected chi connectivity index (χ4v) is 2.65. The van der Waals surface area contributed by atoms with Crippen molar-refractivity contribution in [3.63, 3.8) is 0 Å². The fourth-order valence-electron chi connectivity index (χ4n) is 1.93. The van der Waals surface area contributed by atoms with Crippen molar-refractivity contribution in [2.45, 2.75) is 26.9 Å². The van der Waals surface area contributed by atoms with Crippen molar-refractivity contribution in [3.8, 4) is 5.75 Å². The van der Waals surface area contributed by atoms with Crippen molar-refractivity contribution in [1.29, 1.82) is 0 Å². The van der Waals surface area contributed by atoms with E-state index >= 15 is 0 Å². The lowest BCUT2D eigenvalue weighted by atomic mass is 10.2. The lowest BCUT2D eigenvalue weighted by molar-refractivity contribution is 0.414. The summed E-state index contributed by atoms with van der Waals surface area (Å²) in [5, 5.41) is 7.61. The number of nitrogens with zero attached hydrogens (tertiary/aromatic N) is 2. The number of ether oxygens (including phenoxy) is 1. The van der Waals surface area contributed by atoms with Crippen LogP contribution < -0.4 is 15.4 Å². The molecule has 2 N–H and O–H groups in total. The summed E-state index contributed by atoms with van der Waals surface area (Å²) < 4.78 is 5.23. The van der Waals surface area contributed by atoms with Gasteiger partial charge in [-0.15, -0.1) is 11.3 Å². The highest BCUT2D eigenvalue weighted by Gasteiger charge is 2.02. The number of thiazole rings is 1. The Morgan fingerprint density at radius 3 is 2.91 bits per heavy atom. The molecular formula is C16H22N4OS. The summed E-state index contributed by atoms with van der Waals surface area (Å²) in [6.45, 7) is 6.21. The number of nitrogens with one attached hydrogen (secondary N) is 2. The van der Waals surface area contributed by atoms with E-state index in [4.69, 9.17) is 4.74 Å². The quantitative estimate of drug-likeness (QED) is 0.635. The van der Waals surface area contributed by atoms with E-state index in [0.717, 1.165) is 28.8 Å². The Labute approximate surface area is 135 Å². The number of benzene rings is 1. The van der Waals surface area contributed by atoms with Crippen LogP contribution in [0.2, 0.25) is 0 Å². The van der Waals surface area contributed by atoms with Gasteiger partial charge < -0.3 is 15.4 Å². The molecule has 0 radical (unpaired) electrons. The highest BCUT2D eigenvalue weighted by Crippen LogP contribution is 2.13. The summed E-state index contributed by atoms with van der Waals surface area (Å²) in [6.07, 6.45) is 1.89. The van der Waals surface area contributed by atoms with Gasteiger partial charge in [0, 0.05) is 17.6 Å². The van der Waals surface area contributed by atoms with E-state index in [1.54, 1.807) is 18.4 Å². The molecule has 0 aliphatic rings. The van der Waals surface area contributed by atoms with Crippen molar-refractivity contribution in [2.75, 3.05) is 13.7 Å². The standard InChI is InChI=1S/C16H22N4OS/c1-4-17-16(20-11-15-18-9-12(2)22-15)19-10-13-6-5-7-14(8-13)21-3/h5-9H,4,10-11H2,1-3H3,(H2,17,19,20). The van der Waals surface area contributed by atoms with Gasteiger partial charge in [0.2, 0.25) is 0 Å². The number of aromatic nitrogens is 1. The smallest absolute Gasteiger partial charge is 0.191 e. The van der Waals surface area contributed by atoms with E-state index in [1.807, 2.05) is 30.5 Å². The normalized spacial score (nSPS) is 11.3. The predicted molar refractivity (Wildman–Crippen MR) is 91.5 cm³/mol. The molecule has 1 heterocycles. The first-order valence-corrected chi connectivity index (χ1v) is 8.09. The van der Waals surface area contributed by atoms with E-state index < -0.39 is 0 Å². The van der Waals surface area contributed by atoms with Crippen LogP contribution in [-0.2, 0) is 13.1 Å². The third-order valence-electron chi connectivity index (χ3n) is 2.97. The summed E-state index contributed by atoms with van der Waals surface area (Å²) in [7, 11) is 1.67. The summed E-state index contributed by atoms with van der Waals surface area (Å²) in [5.41, 5.74) is 1.11. The second-order valence-electron chi connectivity index (χ2n) is 4.76. The second-order valence-corrected chi connectivity index (χ2v) is 6.08. The molecule has 2 rings (SSSR count). The van der Waals surface area contributed by atoms with Gasteiger partial charge in [-0.05, 0) is 31.5 Å². The minimum Gasteiger partial charge on any atom is -0.497 e. The molecule has 0 bridgehead atoms. The monoisotopic (exact) mass is 318 g/mol. The van der Waals surface area contributed by atoms with Crippen LogP contribution in [0.4, 0.5) is 0 Å². The zero-order valence-electron chi connectivity index (χ0n) is 13.2. The molecule has 0 fully saturated rings. The highest BCUT2D eigenvalue weighted by molar-refractivity contribution is 7.11. The lowest BCUT2D eigenvalue weighted by Gasteiger charge is -2.10. The summed E-state index contributed by atoms with van der Waals surface area (Å²) >= 11 is 1.69. The van der Waals surface area contributed by atoms with E-state index in [9.17, 15) is 0 Å². The van der Waals surface area contributed by atoms with Gasteiger partial charge in [0.1, 0.15) is 10.8 Å². The van der Waals surface area contributed by atoms with E-state index in [1.165, 1.54) is 4.88 Å². The maximum atomic E-state index is 5.23. The number of aliphatic imine (C=N–C) groups is 1. The Morgan fingerprint density at radius 2 is 2.23 bits per heavy atom. The van der Waals surface area contributed by atoms with Gasteiger partial charge in [-0.3, -0.25) is 0 Å². The van der Waals surface area contributed by atoms with Gasteiger partial charge >= 0.3 is 0 Å². The lowest BCUT2D eigenvalue weighted by Crippen LogP contribution is -2.36. The molecule has 2 aromatic rings. The van der Waals surface area contributed by atoms with Crippen molar-refractivity contribution in [3.05, 3.63) is 45.9 Å². The van der Waals surface area contributed by atoms with Gasteiger partial charge in [0.05, 0.1) is 20.2 Å². The molecule has 1 aromatic heterocycles. The minimum absolute atomic E-state index is 0.601. The Morgan fingerprint density at radius 1 is 1.36 bits per heavy atom. The van der Waals surface area contributed by atoms with Crippen molar-refractivity contribution >= 4 is 17.3 Å². The van der Waals surface area contributed by atoms with Crippen LogP contribution >= 0.6 is 11.3 Å². The number of hydrogen-bond acceptors (Lipinski definition) is 4. The van der Waals surface area contributed by atoms with Gasteiger partial charge in [-0.25, -0.2) is 9.98 Å². The summed E-state index contributed by atoms with van der Waals surface area (Å²) in [5.74, 6) is 1.64. The number of aryl methyl sites for hydroxylation is 1. The first-order chi connectivity index (χ1) is 10.7. The molecule has 0 aliphatic heterocycles. The van der Waals surface area contributed by atoms with Crippen LogP contribution in [0.5, 0.6) is 5.75 Å². The van der Waals surface area contributed by atoms with Gasteiger partial charge in [0.15, 0.2) is 5.96 Å². The van der Waals surface area contributed by atoms with Crippen LogP contribution in [-0.4, -0.2) is 24.6 Å². The number of guanidine groups is 1. The topological polar surface area (TPSA) is 58.5 Å². The largest absolute Gasteiger partial charge is 0.497 e. The maximum Gasteiger partial charge on any atom is 0.191 e. The van der Waals surface area contributed by atoms with Gasteiger partial charge in [-0.2, -0.15) is 0 Å². The zero-order valence-corrected chi connectivity index (χ0v) is 14.0. The molecule has 1 aromatic carbocycles. The van der Waals surface area contributed by atoms with Crippen molar-refractivity contribution < 1.29 is 4.74 Å². The highest BCUT2D eigenvalue weighted by atomic mass is 32.1. The van der Waals surface area contributed by atoms with E-state index in [-0.39, 0.29) is 0 Å². The van der Waals surface area contributed by atoms with Crippen molar-refractivity contribution in [1.82, 2.24) is 15.6 Å². The molecule has 0 unspecified atom stereocenters. The van der Waals surface area contributed by atoms with E-state index in [0.29, 0.717) is 13.1 Å². The molecule has 0 saturated heterocycles. The molecule has 0 atom stereocenters. The predicted octanol–water partition coefficient (Wildman–Crippen LogP) is 2.72. The molecule has 0 aliphatic carbocycles.